The summed E-state index contributed by atoms with van der Waals surface area (Å²) in [5.74, 6) is -0.319. The first-order valence-electron chi connectivity index (χ1n) is 4.32. The van der Waals surface area contributed by atoms with Gasteiger partial charge in [0.1, 0.15) is 6.61 Å². The van der Waals surface area contributed by atoms with Crippen molar-refractivity contribution in [1.29, 1.82) is 0 Å². The van der Waals surface area contributed by atoms with Gasteiger partial charge in [-0.2, -0.15) is 0 Å². The molecule has 0 aliphatic carbocycles. The Hall–Kier alpha value is -0.750. The smallest absolute Gasteiger partial charge is 0.261 e. The molecule has 0 aromatic rings. The second-order valence-corrected chi connectivity index (χ2v) is 2.87. The molecule has 2 N–H and O–H groups in total. The number of alkyl halides is 2. The van der Waals surface area contributed by atoms with Gasteiger partial charge in [-0.25, -0.2) is 8.78 Å². The van der Waals surface area contributed by atoms with Crippen LogP contribution in [0.3, 0.4) is 0 Å². The molecule has 0 heterocycles. The van der Waals surface area contributed by atoms with Crippen LogP contribution in [0.2, 0.25) is 0 Å². The maximum atomic E-state index is 11.6. The molecular weight excluding hydrogens is 196 g/mol. The summed E-state index contributed by atoms with van der Waals surface area (Å²) in [5, 5.41) is 11.0. The summed E-state index contributed by atoms with van der Waals surface area (Å²) in [5.41, 5.74) is 0. The zero-order valence-electron chi connectivity index (χ0n) is 8.00. The van der Waals surface area contributed by atoms with Crippen molar-refractivity contribution in [2.24, 2.45) is 0 Å². The van der Waals surface area contributed by atoms with Gasteiger partial charge in [0.25, 0.3) is 6.43 Å². The van der Waals surface area contributed by atoms with Gasteiger partial charge in [0.15, 0.2) is 0 Å². The van der Waals surface area contributed by atoms with Crippen LogP contribution in [0.25, 0.3) is 0 Å². The SMILES string of the molecule is CC(CO)NC(=O)CCOCC(F)F. The molecule has 0 aromatic heterocycles. The number of hydrogen-bond acceptors (Lipinski definition) is 3. The van der Waals surface area contributed by atoms with Gasteiger partial charge in [0.05, 0.1) is 13.2 Å². The second-order valence-electron chi connectivity index (χ2n) is 2.87. The number of amides is 1. The average Bonchev–Trinajstić information content (AvgIpc) is 2.12. The molecule has 0 aromatic carbocycles. The van der Waals surface area contributed by atoms with Gasteiger partial charge in [-0.05, 0) is 6.92 Å². The highest BCUT2D eigenvalue weighted by Gasteiger charge is 2.07. The molecular formula is C8H15F2NO3. The van der Waals surface area contributed by atoms with E-state index >= 15 is 0 Å². The molecule has 84 valence electrons. The Morgan fingerprint density at radius 1 is 1.57 bits per heavy atom. The van der Waals surface area contributed by atoms with E-state index in [9.17, 15) is 13.6 Å². The fourth-order valence-electron chi connectivity index (χ4n) is 0.730. The highest BCUT2D eigenvalue weighted by atomic mass is 19.3. The van der Waals surface area contributed by atoms with Crippen molar-refractivity contribution >= 4 is 5.91 Å². The van der Waals surface area contributed by atoms with Gasteiger partial charge < -0.3 is 15.2 Å². The van der Waals surface area contributed by atoms with E-state index in [1.807, 2.05) is 0 Å². The van der Waals surface area contributed by atoms with Crippen LogP contribution in [0.5, 0.6) is 0 Å². The van der Waals surface area contributed by atoms with Crippen molar-refractivity contribution in [2.75, 3.05) is 19.8 Å². The van der Waals surface area contributed by atoms with Crippen LogP contribution in [-0.2, 0) is 9.53 Å². The third kappa shape index (κ3) is 7.88. The number of rotatable bonds is 7. The molecule has 0 radical (unpaired) electrons. The lowest BCUT2D eigenvalue weighted by atomic mass is 10.3. The number of halogens is 2. The largest absolute Gasteiger partial charge is 0.394 e. The van der Waals surface area contributed by atoms with E-state index in [2.05, 4.69) is 10.1 Å². The fraction of sp³-hybridized carbons (Fsp3) is 0.875. The first-order valence-corrected chi connectivity index (χ1v) is 4.32. The highest BCUT2D eigenvalue weighted by molar-refractivity contribution is 5.76. The summed E-state index contributed by atoms with van der Waals surface area (Å²) >= 11 is 0. The maximum Gasteiger partial charge on any atom is 0.261 e. The molecule has 1 amide bonds. The quantitative estimate of drug-likeness (QED) is 0.589. The minimum Gasteiger partial charge on any atom is -0.394 e. The summed E-state index contributed by atoms with van der Waals surface area (Å²) < 4.78 is 27.6. The minimum absolute atomic E-state index is 0.0249. The van der Waals surface area contributed by atoms with Gasteiger partial charge in [0, 0.05) is 12.5 Å². The Morgan fingerprint density at radius 2 is 2.21 bits per heavy atom. The maximum absolute atomic E-state index is 11.6. The second kappa shape index (κ2) is 7.64. The third-order valence-corrected chi connectivity index (χ3v) is 1.40. The van der Waals surface area contributed by atoms with Crippen molar-refractivity contribution in [3.8, 4) is 0 Å². The molecule has 0 saturated heterocycles. The number of ether oxygens (including phenoxy) is 1. The molecule has 14 heavy (non-hydrogen) atoms. The van der Waals surface area contributed by atoms with Gasteiger partial charge in [-0.1, -0.05) is 0 Å². The molecule has 0 spiro atoms. The number of nitrogens with one attached hydrogen (secondary N) is 1. The summed E-state index contributed by atoms with van der Waals surface area (Å²) in [6, 6.07) is -0.322. The van der Waals surface area contributed by atoms with Crippen LogP contribution in [0.4, 0.5) is 8.78 Å². The monoisotopic (exact) mass is 211 g/mol. The Labute approximate surface area is 81.2 Å². The fourth-order valence-corrected chi connectivity index (χ4v) is 0.730. The summed E-state index contributed by atoms with van der Waals surface area (Å²) in [6.45, 7) is 0.804. The highest BCUT2D eigenvalue weighted by Crippen LogP contribution is 1.93. The van der Waals surface area contributed by atoms with Crippen LogP contribution < -0.4 is 5.32 Å². The van der Waals surface area contributed by atoms with E-state index in [1.165, 1.54) is 0 Å². The zero-order valence-corrected chi connectivity index (χ0v) is 8.00. The lowest BCUT2D eigenvalue weighted by Gasteiger charge is -2.10. The van der Waals surface area contributed by atoms with Gasteiger partial charge in [-0.15, -0.1) is 0 Å². The van der Waals surface area contributed by atoms with E-state index in [-0.39, 0.29) is 31.6 Å². The van der Waals surface area contributed by atoms with E-state index < -0.39 is 13.0 Å². The van der Waals surface area contributed by atoms with Gasteiger partial charge in [0.2, 0.25) is 5.91 Å². The van der Waals surface area contributed by atoms with Crippen molar-refractivity contribution in [3.63, 3.8) is 0 Å². The molecule has 0 rings (SSSR count). The van der Waals surface area contributed by atoms with Crippen LogP contribution in [0, 0.1) is 0 Å². The third-order valence-electron chi connectivity index (χ3n) is 1.40. The number of aliphatic hydroxyl groups is 1. The molecule has 0 aliphatic heterocycles. The standard InChI is InChI=1S/C8H15F2NO3/c1-6(4-12)11-8(13)2-3-14-5-7(9)10/h6-7,12H,2-5H2,1H3,(H,11,13). The predicted molar refractivity (Wildman–Crippen MR) is 46.1 cm³/mol. The minimum atomic E-state index is -2.51. The lowest BCUT2D eigenvalue weighted by molar-refractivity contribution is -0.123. The van der Waals surface area contributed by atoms with Gasteiger partial charge >= 0.3 is 0 Å². The molecule has 1 unspecified atom stereocenters. The number of carbonyl (C=O) groups is 1. The molecule has 0 fully saturated rings. The Morgan fingerprint density at radius 3 is 2.71 bits per heavy atom. The first-order chi connectivity index (χ1) is 6.56. The predicted octanol–water partition coefficient (Wildman–Crippen LogP) is 0.155. The summed E-state index contributed by atoms with van der Waals surface area (Å²) in [6.07, 6.45) is -2.48. The van der Waals surface area contributed by atoms with E-state index in [4.69, 9.17) is 5.11 Å². The van der Waals surface area contributed by atoms with Crippen LogP contribution in [0.1, 0.15) is 13.3 Å². The Bertz CT molecular complexity index is 167. The first kappa shape index (κ1) is 13.2. The van der Waals surface area contributed by atoms with E-state index in [1.54, 1.807) is 6.92 Å². The molecule has 0 bridgehead atoms. The molecule has 0 saturated carbocycles. The topological polar surface area (TPSA) is 58.6 Å². The molecule has 6 heteroatoms. The van der Waals surface area contributed by atoms with Crippen LogP contribution >= 0.6 is 0 Å². The number of hydrogen-bond donors (Lipinski definition) is 2. The zero-order chi connectivity index (χ0) is 11.0. The van der Waals surface area contributed by atoms with E-state index in [0.717, 1.165) is 0 Å². The summed E-state index contributed by atoms with van der Waals surface area (Å²) in [7, 11) is 0. The van der Waals surface area contributed by atoms with Crippen molar-refractivity contribution < 1.29 is 23.4 Å². The number of aliphatic hydroxyl groups excluding tert-OH is 1. The van der Waals surface area contributed by atoms with Crippen LogP contribution in [0.15, 0.2) is 0 Å². The molecule has 1 atom stereocenters. The van der Waals surface area contributed by atoms with Crippen LogP contribution in [-0.4, -0.2) is 43.3 Å². The van der Waals surface area contributed by atoms with Crippen molar-refractivity contribution in [1.82, 2.24) is 5.32 Å². The van der Waals surface area contributed by atoms with Crippen molar-refractivity contribution in [2.45, 2.75) is 25.8 Å². The van der Waals surface area contributed by atoms with E-state index in [0.29, 0.717) is 0 Å². The molecule has 0 aliphatic rings. The lowest BCUT2D eigenvalue weighted by Crippen LogP contribution is -2.35. The Kier molecular flexibility index (Phi) is 7.23. The normalized spacial score (nSPS) is 12.9. The van der Waals surface area contributed by atoms with Gasteiger partial charge in [-0.3, -0.25) is 4.79 Å². The average molecular weight is 211 g/mol. The van der Waals surface area contributed by atoms with Crippen molar-refractivity contribution in [3.05, 3.63) is 0 Å². The number of carbonyl (C=O) groups excluding carboxylic acids is 1. The summed E-state index contributed by atoms with van der Waals surface area (Å²) in [4.78, 5) is 11.0. The molecule has 4 nitrogen and oxygen atoms in total. The Balaban J connectivity index is 3.36.